The molecule has 1 aromatic carbocycles. The summed E-state index contributed by atoms with van der Waals surface area (Å²) in [7, 11) is 0. The van der Waals surface area contributed by atoms with E-state index in [0.29, 0.717) is 11.3 Å². The van der Waals surface area contributed by atoms with Gasteiger partial charge in [0.2, 0.25) is 0 Å². The van der Waals surface area contributed by atoms with Crippen LogP contribution in [-0.4, -0.2) is 15.6 Å². The summed E-state index contributed by atoms with van der Waals surface area (Å²) in [4.78, 5) is 11.2. The first kappa shape index (κ1) is 15.2. The Balaban J connectivity index is 2.50. The van der Waals surface area contributed by atoms with Crippen molar-refractivity contribution < 1.29 is 23.1 Å². The molecular formula is C15H14F3NO2. The molecule has 0 aliphatic carbocycles. The van der Waals surface area contributed by atoms with E-state index in [1.165, 1.54) is 18.2 Å². The van der Waals surface area contributed by atoms with Gasteiger partial charge in [-0.2, -0.15) is 13.2 Å². The Morgan fingerprint density at radius 1 is 1.10 bits per heavy atom. The predicted molar refractivity (Wildman–Crippen MR) is 72.2 cm³/mol. The van der Waals surface area contributed by atoms with E-state index in [0.717, 1.165) is 12.1 Å². The highest BCUT2D eigenvalue weighted by molar-refractivity contribution is 5.87. The van der Waals surface area contributed by atoms with Crippen LogP contribution >= 0.6 is 0 Å². The minimum atomic E-state index is -4.38. The number of halogens is 3. The Bertz CT molecular complexity index is 655. The van der Waals surface area contributed by atoms with E-state index < -0.39 is 17.7 Å². The van der Waals surface area contributed by atoms with Gasteiger partial charge in [-0.25, -0.2) is 4.79 Å². The first-order valence-corrected chi connectivity index (χ1v) is 6.34. The van der Waals surface area contributed by atoms with E-state index in [9.17, 15) is 18.0 Å². The van der Waals surface area contributed by atoms with Crippen LogP contribution in [0.25, 0.3) is 11.3 Å². The fraction of sp³-hybridized carbons (Fsp3) is 0.267. The summed E-state index contributed by atoms with van der Waals surface area (Å²) in [6.45, 7) is 3.64. The first-order valence-electron chi connectivity index (χ1n) is 6.34. The Morgan fingerprint density at radius 2 is 1.67 bits per heavy atom. The van der Waals surface area contributed by atoms with E-state index >= 15 is 0 Å². The monoisotopic (exact) mass is 297 g/mol. The highest BCUT2D eigenvalue weighted by Crippen LogP contribution is 2.32. The maximum absolute atomic E-state index is 12.6. The molecule has 1 aromatic heterocycles. The van der Waals surface area contributed by atoms with Crippen LogP contribution < -0.4 is 0 Å². The smallest absolute Gasteiger partial charge is 0.416 e. The van der Waals surface area contributed by atoms with Gasteiger partial charge in [0.1, 0.15) is 5.69 Å². The topological polar surface area (TPSA) is 42.2 Å². The van der Waals surface area contributed by atoms with Crippen LogP contribution in [0.2, 0.25) is 0 Å². The highest BCUT2D eigenvalue weighted by atomic mass is 19.4. The summed E-state index contributed by atoms with van der Waals surface area (Å²) in [6, 6.07) is 7.62. The van der Waals surface area contributed by atoms with E-state index in [1.807, 2.05) is 13.8 Å². The van der Waals surface area contributed by atoms with Gasteiger partial charge in [-0.3, -0.25) is 0 Å². The average molecular weight is 297 g/mol. The molecule has 3 nitrogen and oxygen atoms in total. The van der Waals surface area contributed by atoms with Gasteiger partial charge in [-0.15, -0.1) is 0 Å². The maximum atomic E-state index is 12.6. The molecule has 0 aliphatic rings. The molecule has 0 saturated heterocycles. The van der Waals surface area contributed by atoms with Crippen LogP contribution in [0.15, 0.2) is 36.4 Å². The number of alkyl halides is 3. The lowest BCUT2D eigenvalue weighted by atomic mass is 10.1. The number of hydrogen-bond acceptors (Lipinski definition) is 1. The summed E-state index contributed by atoms with van der Waals surface area (Å²) in [5.74, 6) is -1.07. The summed E-state index contributed by atoms with van der Waals surface area (Å²) in [6.07, 6.45) is -4.38. The van der Waals surface area contributed by atoms with Crippen LogP contribution in [0.1, 0.15) is 35.9 Å². The molecule has 0 aliphatic heterocycles. The zero-order valence-electron chi connectivity index (χ0n) is 11.5. The minimum Gasteiger partial charge on any atom is -0.477 e. The summed E-state index contributed by atoms with van der Waals surface area (Å²) >= 11 is 0. The maximum Gasteiger partial charge on any atom is 0.416 e. The number of nitrogens with zero attached hydrogens (tertiary/aromatic N) is 1. The number of carbonyl (C=O) groups is 1. The predicted octanol–water partition coefficient (Wildman–Crippen LogP) is 4.45. The van der Waals surface area contributed by atoms with Crippen molar-refractivity contribution in [1.82, 2.24) is 4.57 Å². The Morgan fingerprint density at radius 3 is 2.10 bits per heavy atom. The van der Waals surface area contributed by atoms with Crippen molar-refractivity contribution in [3.05, 3.63) is 47.7 Å². The summed E-state index contributed by atoms with van der Waals surface area (Å²) in [5.41, 5.74) is 0.507. The second kappa shape index (κ2) is 5.27. The lowest BCUT2D eigenvalue weighted by Crippen LogP contribution is -2.11. The molecule has 0 atom stereocenters. The van der Waals surface area contributed by atoms with Crippen molar-refractivity contribution in [3.8, 4) is 11.3 Å². The van der Waals surface area contributed by atoms with Crippen LogP contribution in [-0.2, 0) is 6.18 Å². The molecule has 0 unspecified atom stereocenters. The van der Waals surface area contributed by atoms with Gasteiger partial charge < -0.3 is 9.67 Å². The molecule has 1 N–H and O–H groups in total. The van der Waals surface area contributed by atoms with Gasteiger partial charge in [0.15, 0.2) is 0 Å². The quantitative estimate of drug-likeness (QED) is 0.909. The highest BCUT2D eigenvalue weighted by Gasteiger charge is 2.30. The number of carboxylic acid groups (broad SMARTS) is 1. The van der Waals surface area contributed by atoms with Crippen molar-refractivity contribution in [2.45, 2.75) is 26.1 Å². The molecule has 0 fully saturated rings. The number of hydrogen-bond donors (Lipinski definition) is 1. The molecule has 0 amide bonds. The molecule has 2 rings (SSSR count). The van der Waals surface area contributed by atoms with Crippen LogP contribution in [0.4, 0.5) is 13.2 Å². The molecule has 21 heavy (non-hydrogen) atoms. The second-order valence-corrected chi connectivity index (χ2v) is 4.95. The molecule has 0 radical (unpaired) electrons. The van der Waals surface area contributed by atoms with Crippen molar-refractivity contribution >= 4 is 5.97 Å². The van der Waals surface area contributed by atoms with Gasteiger partial charge in [0, 0.05) is 11.7 Å². The second-order valence-electron chi connectivity index (χ2n) is 4.95. The van der Waals surface area contributed by atoms with Gasteiger partial charge in [0.25, 0.3) is 0 Å². The number of aromatic nitrogens is 1. The van der Waals surface area contributed by atoms with Crippen molar-refractivity contribution in [1.29, 1.82) is 0 Å². The third kappa shape index (κ3) is 2.94. The number of aromatic carboxylic acids is 1. The molecule has 112 valence electrons. The summed E-state index contributed by atoms with van der Waals surface area (Å²) in [5, 5.41) is 9.16. The van der Waals surface area contributed by atoms with Gasteiger partial charge in [-0.1, -0.05) is 12.1 Å². The molecule has 0 bridgehead atoms. The van der Waals surface area contributed by atoms with Gasteiger partial charge in [-0.05, 0) is 43.7 Å². The molecule has 1 heterocycles. The summed E-state index contributed by atoms with van der Waals surface area (Å²) < 4.78 is 39.3. The van der Waals surface area contributed by atoms with Gasteiger partial charge >= 0.3 is 12.1 Å². The van der Waals surface area contributed by atoms with Crippen molar-refractivity contribution in [2.24, 2.45) is 0 Å². The lowest BCUT2D eigenvalue weighted by molar-refractivity contribution is -0.137. The third-order valence-corrected chi connectivity index (χ3v) is 3.16. The largest absolute Gasteiger partial charge is 0.477 e. The van der Waals surface area contributed by atoms with E-state index in [2.05, 4.69) is 0 Å². The zero-order valence-corrected chi connectivity index (χ0v) is 11.5. The SMILES string of the molecule is CC(C)n1c(C(=O)O)ccc1-c1ccc(C(F)(F)F)cc1. The Kier molecular flexibility index (Phi) is 3.80. The first-order chi connectivity index (χ1) is 9.71. The van der Waals surface area contributed by atoms with Gasteiger partial charge in [0.05, 0.1) is 5.56 Å². The molecule has 2 aromatic rings. The van der Waals surface area contributed by atoms with Crippen molar-refractivity contribution in [3.63, 3.8) is 0 Å². The Labute approximate surface area is 119 Å². The van der Waals surface area contributed by atoms with Crippen LogP contribution in [0, 0.1) is 0 Å². The normalized spacial score (nSPS) is 11.9. The molecule has 6 heteroatoms. The average Bonchev–Trinajstić information content (AvgIpc) is 2.82. The standard InChI is InChI=1S/C15H14F3NO2/c1-9(2)19-12(7-8-13(19)14(20)21)10-3-5-11(6-4-10)15(16,17)18/h3-9H,1-2H3,(H,20,21). The third-order valence-electron chi connectivity index (χ3n) is 3.16. The zero-order chi connectivity index (χ0) is 15.8. The van der Waals surface area contributed by atoms with E-state index in [-0.39, 0.29) is 11.7 Å². The Hall–Kier alpha value is -2.24. The molecular weight excluding hydrogens is 283 g/mol. The van der Waals surface area contributed by atoms with Crippen LogP contribution in [0.3, 0.4) is 0 Å². The minimum absolute atomic E-state index is 0.111. The lowest BCUT2D eigenvalue weighted by Gasteiger charge is -2.16. The van der Waals surface area contributed by atoms with E-state index in [1.54, 1.807) is 10.6 Å². The van der Waals surface area contributed by atoms with Crippen LogP contribution in [0.5, 0.6) is 0 Å². The molecule has 0 saturated carbocycles. The number of carboxylic acids is 1. The molecule has 0 spiro atoms. The van der Waals surface area contributed by atoms with Crippen molar-refractivity contribution in [2.75, 3.05) is 0 Å². The van der Waals surface area contributed by atoms with E-state index in [4.69, 9.17) is 5.11 Å². The fourth-order valence-electron chi connectivity index (χ4n) is 2.24. The number of rotatable bonds is 3. The fourth-order valence-corrected chi connectivity index (χ4v) is 2.24. The number of benzene rings is 1.